The van der Waals surface area contributed by atoms with Gasteiger partial charge in [0, 0.05) is 5.54 Å². The van der Waals surface area contributed by atoms with Gasteiger partial charge in [-0.3, -0.25) is 0 Å². The molecule has 1 saturated heterocycles. The molecule has 0 spiro atoms. The van der Waals surface area contributed by atoms with Crippen molar-refractivity contribution in [1.82, 2.24) is 5.32 Å². The van der Waals surface area contributed by atoms with E-state index in [2.05, 4.69) is 42.6 Å². The average Bonchev–Trinajstić information content (AvgIpc) is 2.77. The average molecular weight is 203 g/mol. The van der Waals surface area contributed by atoms with Gasteiger partial charge in [-0.2, -0.15) is 0 Å². The molecule has 0 aromatic heterocycles. The summed E-state index contributed by atoms with van der Waals surface area (Å²) in [5, 5.41) is 3.69. The Morgan fingerprint density at radius 2 is 2.07 bits per heavy atom. The van der Waals surface area contributed by atoms with Gasteiger partial charge in [-0.05, 0) is 44.2 Å². The molecular formula is C14H21N. The molecule has 0 saturated carbocycles. The van der Waals surface area contributed by atoms with Crippen molar-refractivity contribution in [2.75, 3.05) is 6.54 Å². The van der Waals surface area contributed by atoms with Gasteiger partial charge in [0.2, 0.25) is 0 Å². The standard InChI is InChI=1S/C14H21N/c1-2-14(10-6-12-15-14)11-9-13-7-4-3-5-8-13/h3-5,7-8,15H,2,6,9-12H2,1H3/t14-/m1/s1. The van der Waals surface area contributed by atoms with Crippen LogP contribution in [-0.2, 0) is 6.42 Å². The SMILES string of the molecule is CC[C@]1(CCc2ccccc2)CCCN1. The fourth-order valence-electron chi connectivity index (χ4n) is 2.59. The van der Waals surface area contributed by atoms with Crippen molar-refractivity contribution in [2.24, 2.45) is 0 Å². The molecule has 1 aromatic rings. The molecule has 0 amide bonds. The molecule has 0 bridgehead atoms. The zero-order chi connectivity index (χ0) is 10.6. The van der Waals surface area contributed by atoms with Crippen LogP contribution in [0, 0.1) is 0 Å². The summed E-state index contributed by atoms with van der Waals surface area (Å²) in [6.45, 7) is 3.52. The van der Waals surface area contributed by atoms with E-state index in [4.69, 9.17) is 0 Å². The molecule has 0 aliphatic carbocycles. The summed E-state index contributed by atoms with van der Waals surface area (Å²) in [7, 11) is 0. The monoisotopic (exact) mass is 203 g/mol. The van der Waals surface area contributed by atoms with Crippen LogP contribution in [0.4, 0.5) is 0 Å². The minimum atomic E-state index is 0.440. The van der Waals surface area contributed by atoms with E-state index < -0.39 is 0 Å². The second kappa shape index (κ2) is 4.80. The van der Waals surface area contributed by atoms with Crippen molar-refractivity contribution in [2.45, 2.75) is 44.6 Å². The molecule has 2 rings (SSSR count). The van der Waals surface area contributed by atoms with Gasteiger partial charge < -0.3 is 5.32 Å². The van der Waals surface area contributed by atoms with Crippen LogP contribution in [0.1, 0.15) is 38.2 Å². The molecule has 1 atom stereocenters. The molecule has 1 heteroatoms. The van der Waals surface area contributed by atoms with Gasteiger partial charge in [0.1, 0.15) is 0 Å². The van der Waals surface area contributed by atoms with Gasteiger partial charge in [0.25, 0.3) is 0 Å². The highest BCUT2D eigenvalue weighted by atomic mass is 15.0. The lowest BCUT2D eigenvalue weighted by atomic mass is 9.87. The minimum absolute atomic E-state index is 0.440. The van der Waals surface area contributed by atoms with Crippen LogP contribution in [0.3, 0.4) is 0 Å². The Hall–Kier alpha value is -0.820. The largest absolute Gasteiger partial charge is 0.311 e. The van der Waals surface area contributed by atoms with Gasteiger partial charge >= 0.3 is 0 Å². The highest BCUT2D eigenvalue weighted by Crippen LogP contribution is 2.27. The zero-order valence-electron chi connectivity index (χ0n) is 9.63. The topological polar surface area (TPSA) is 12.0 Å². The van der Waals surface area contributed by atoms with Gasteiger partial charge in [0.15, 0.2) is 0 Å². The van der Waals surface area contributed by atoms with Crippen molar-refractivity contribution in [3.05, 3.63) is 35.9 Å². The number of hydrogen-bond acceptors (Lipinski definition) is 1. The summed E-state index contributed by atoms with van der Waals surface area (Å²) >= 11 is 0. The van der Waals surface area contributed by atoms with E-state index in [0.717, 1.165) is 0 Å². The Labute approximate surface area is 92.9 Å². The maximum atomic E-state index is 3.69. The summed E-state index contributed by atoms with van der Waals surface area (Å²) in [5.74, 6) is 0. The Kier molecular flexibility index (Phi) is 3.42. The normalized spacial score (nSPS) is 25.7. The Morgan fingerprint density at radius 3 is 2.67 bits per heavy atom. The first-order chi connectivity index (χ1) is 7.35. The molecule has 0 radical (unpaired) electrons. The van der Waals surface area contributed by atoms with Crippen LogP contribution in [0.2, 0.25) is 0 Å². The third kappa shape index (κ3) is 2.60. The Morgan fingerprint density at radius 1 is 1.27 bits per heavy atom. The lowest BCUT2D eigenvalue weighted by Gasteiger charge is -2.28. The van der Waals surface area contributed by atoms with E-state index in [1.807, 2.05) is 0 Å². The van der Waals surface area contributed by atoms with Crippen molar-refractivity contribution < 1.29 is 0 Å². The molecule has 1 fully saturated rings. The van der Waals surface area contributed by atoms with Crippen LogP contribution in [0.5, 0.6) is 0 Å². The number of benzene rings is 1. The van der Waals surface area contributed by atoms with E-state index in [-0.39, 0.29) is 0 Å². The maximum Gasteiger partial charge on any atom is 0.0182 e. The summed E-state index contributed by atoms with van der Waals surface area (Å²) in [6.07, 6.45) is 6.47. The lowest BCUT2D eigenvalue weighted by Crippen LogP contribution is -2.39. The number of hydrogen-bond donors (Lipinski definition) is 1. The summed E-state index contributed by atoms with van der Waals surface area (Å²) < 4.78 is 0. The molecule has 1 nitrogen and oxygen atoms in total. The van der Waals surface area contributed by atoms with E-state index in [0.29, 0.717) is 5.54 Å². The molecule has 1 aliphatic heterocycles. The fourth-order valence-corrected chi connectivity index (χ4v) is 2.59. The van der Waals surface area contributed by atoms with Crippen molar-refractivity contribution in [3.8, 4) is 0 Å². The van der Waals surface area contributed by atoms with Crippen molar-refractivity contribution in [3.63, 3.8) is 0 Å². The van der Waals surface area contributed by atoms with Crippen LogP contribution < -0.4 is 5.32 Å². The third-order valence-electron chi connectivity index (χ3n) is 3.74. The molecule has 1 aliphatic rings. The zero-order valence-corrected chi connectivity index (χ0v) is 9.63. The van der Waals surface area contributed by atoms with Gasteiger partial charge in [-0.15, -0.1) is 0 Å². The number of rotatable bonds is 4. The van der Waals surface area contributed by atoms with Crippen molar-refractivity contribution >= 4 is 0 Å². The van der Waals surface area contributed by atoms with E-state index >= 15 is 0 Å². The van der Waals surface area contributed by atoms with Crippen LogP contribution in [-0.4, -0.2) is 12.1 Å². The smallest absolute Gasteiger partial charge is 0.0182 e. The predicted molar refractivity (Wildman–Crippen MR) is 65.0 cm³/mol. The number of aryl methyl sites for hydroxylation is 1. The molecule has 1 heterocycles. The predicted octanol–water partition coefficient (Wildman–Crippen LogP) is 3.15. The molecular weight excluding hydrogens is 182 g/mol. The van der Waals surface area contributed by atoms with Gasteiger partial charge in [0.05, 0.1) is 0 Å². The first-order valence-electron chi connectivity index (χ1n) is 6.14. The maximum absolute atomic E-state index is 3.69. The molecule has 82 valence electrons. The Bertz CT molecular complexity index is 285. The molecule has 1 aromatic carbocycles. The van der Waals surface area contributed by atoms with Crippen LogP contribution in [0.25, 0.3) is 0 Å². The Balaban J connectivity index is 1.92. The second-order valence-corrected chi connectivity index (χ2v) is 4.65. The highest BCUT2D eigenvalue weighted by molar-refractivity contribution is 5.15. The summed E-state index contributed by atoms with van der Waals surface area (Å²) in [5.41, 5.74) is 1.91. The quantitative estimate of drug-likeness (QED) is 0.792. The van der Waals surface area contributed by atoms with Crippen LogP contribution >= 0.6 is 0 Å². The first-order valence-corrected chi connectivity index (χ1v) is 6.14. The lowest BCUT2D eigenvalue weighted by molar-refractivity contribution is 0.336. The van der Waals surface area contributed by atoms with E-state index in [9.17, 15) is 0 Å². The fraction of sp³-hybridized carbons (Fsp3) is 0.571. The van der Waals surface area contributed by atoms with Crippen LogP contribution in [0.15, 0.2) is 30.3 Å². The number of nitrogens with one attached hydrogen (secondary N) is 1. The molecule has 15 heavy (non-hydrogen) atoms. The molecule has 0 unspecified atom stereocenters. The van der Waals surface area contributed by atoms with Crippen molar-refractivity contribution in [1.29, 1.82) is 0 Å². The van der Waals surface area contributed by atoms with E-state index in [1.54, 1.807) is 0 Å². The second-order valence-electron chi connectivity index (χ2n) is 4.65. The highest BCUT2D eigenvalue weighted by Gasteiger charge is 2.30. The van der Waals surface area contributed by atoms with Gasteiger partial charge in [-0.25, -0.2) is 0 Å². The third-order valence-corrected chi connectivity index (χ3v) is 3.74. The molecule has 1 N–H and O–H groups in total. The summed E-state index contributed by atoms with van der Waals surface area (Å²) in [4.78, 5) is 0. The summed E-state index contributed by atoms with van der Waals surface area (Å²) in [6, 6.07) is 10.8. The minimum Gasteiger partial charge on any atom is -0.311 e. The van der Waals surface area contributed by atoms with E-state index in [1.165, 1.54) is 44.2 Å². The van der Waals surface area contributed by atoms with Gasteiger partial charge in [-0.1, -0.05) is 37.3 Å². The first kappa shape index (κ1) is 10.7.